The molecule has 0 saturated heterocycles. The molecule has 0 spiro atoms. The molecule has 0 radical (unpaired) electrons. The molecule has 29 heavy (non-hydrogen) atoms. The molecule has 0 bridgehead atoms. The second-order valence-corrected chi connectivity index (χ2v) is 8.08. The van der Waals surface area contributed by atoms with Gasteiger partial charge in [0, 0.05) is 12.1 Å². The summed E-state index contributed by atoms with van der Waals surface area (Å²) < 4.78 is 47.8. The van der Waals surface area contributed by atoms with E-state index in [-0.39, 0.29) is 34.3 Å². The van der Waals surface area contributed by atoms with E-state index >= 15 is 0 Å². The predicted molar refractivity (Wildman–Crippen MR) is 102 cm³/mol. The third kappa shape index (κ3) is 4.54. The Morgan fingerprint density at radius 1 is 1.17 bits per heavy atom. The standard InChI is InChI=1S/C19H17FN2O6S/c1-27-14-6-2-12(3-7-14)17-16(19(23)24)18(22-28-17)21-10-11-29(25,26)15-8-4-13(20)5-9-15/h2-9H,10-11H2,1H3,(H,21,22)(H,23,24). The quantitative estimate of drug-likeness (QED) is 0.534. The Hall–Kier alpha value is -3.40. The van der Waals surface area contributed by atoms with Crippen LogP contribution in [-0.4, -0.2) is 44.1 Å². The lowest BCUT2D eigenvalue weighted by Gasteiger charge is -2.06. The summed E-state index contributed by atoms with van der Waals surface area (Å²) in [6.07, 6.45) is 0. The van der Waals surface area contributed by atoms with E-state index < -0.39 is 21.6 Å². The van der Waals surface area contributed by atoms with Crippen molar-refractivity contribution in [1.82, 2.24) is 5.16 Å². The summed E-state index contributed by atoms with van der Waals surface area (Å²) in [6.45, 7) is -0.116. The Kier molecular flexibility index (Phi) is 5.83. The molecule has 10 heteroatoms. The highest BCUT2D eigenvalue weighted by Crippen LogP contribution is 2.30. The third-order valence-corrected chi connectivity index (χ3v) is 5.83. The van der Waals surface area contributed by atoms with Crippen molar-refractivity contribution in [2.24, 2.45) is 0 Å². The highest BCUT2D eigenvalue weighted by atomic mass is 32.2. The zero-order valence-corrected chi connectivity index (χ0v) is 16.1. The smallest absolute Gasteiger partial charge is 0.343 e. The summed E-state index contributed by atoms with van der Waals surface area (Å²) in [6, 6.07) is 11.0. The number of carbonyl (C=O) groups is 1. The van der Waals surface area contributed by atoms with Crippen molar-refractivity contribution >= 4 is 21.6 Å². The van der Waals surface area contributed by atoms with Crippen molar-refractivity contribution in [2.45, 2.75) is 4.90 Å². The van der Waals surface area contributed by atoms with Crippen molar-refractivity contribution in [3.05, 3.63) is 59.9 Å². The first kappa shape index (κ1) is 20.3. The van der Waals surface area contributed by atoms with Crippen molar-refractivity contribution in [3.8, 4) is 17.1 Å². The van der Waals surface area contributed by atoms with Crippen LogP contribution < -0.4 is 10.1 Å². The van der Waals surface area contributed by atoms with E-state index in [0.29, 0.717) is 11.3 Å². The van der Waals surface area contributed by atoms with Gasteiger partial charge >= 0.3 is 5.97 Å². The number of nitrogens with one attached hydrogen (secondary N) is 1. The van der Waals surface area contributed by atoms with E-state index in [0.717, 1.165) is 12.1 Å². The molecule has 152 valence electrons. The fourth-order valence-corrected chi connectivity index (χ4v) is 3.77. The number of anilines is 1. The Morgan fingerprint density at radius 2 is 1.83 bits per heavy atom. The van der Waals surface area contributed by atoms with Gasteiger partial charge in [-0.3, -0.25) is 0 Å². The minimum atomic E-state index is -3.68. The number of aromatic nitrogens is 1. The maximum atomic E-state index is 13.0. The Bertz CT molecular complexity index is 1110. The molecule has 0 fully saturated rings. The van der Waals surface area contributed by atoms with Gasteiger partial charge in [-0.2, -0.15) is 0 Å². The lowest BCUT2D eigenvalue weighted by molar-refractivity contribution is 0.0698. The number of ether oxygens (including phenoxy) is 1. The van der Waals surface area contributed by atoms with Crippen LogP contribution >= 0.6 is 0 Å². The van der Waals surface area contributed by atoms with E-state index in [4.69, 9.17) is 9.26 Å². The molecule has 3 rings (SSSR count). The van der Waals surface area contributed by atoms with Gasteiger partial charge in [-0.25, -0.2) is 17.6 Å². The number of sulfone groups is 1. The maximum absolute atomic E-state index is 13.0. The molecular formula is C19H17FN2O6S. The Balaban J connectivity index is 1.76. The molecule has 0 unspecified atom stereocenters. The average Bonchev–Trinajstić information content (AvgIpc) is 3.12. The SMILES string of the molecule is COc1ccc(-c2onc(NCCS(=O)(=O)c3ccc(F)cc3)c2C(=O)O)cc1. The zero-order valence-electron chi connectivity index (χ0n) is 15.3. The minimum Gasteiger partial charge on any atom is -0.497 e. The number of methoxy groups -OCH3 is 1. The van der Waals surface area contributed by atoms with Gasteiger partial charge in [0.2, 0.25) is 0 Å². The summed E-state index contributed by atoms with van der Waals surface area (Å²) in [7, 11) is -2.17. The first-order valence-electron chi connectivity index (χ1n) is 8.41. The van der Waals surface area contributed by atoms with Gasteiger partial charge in [-0.05, 0) is 48.5 Å². The topological polar surface area (TPSA) is 119 Å². The fraction of sp³-hybridized carbons (Fsp3) is 0.158. The molecule has 3 aromatic rings. The van der Waals surface area contributed by atoms with Crippen molar-refractivity contribution in [3.63, 3.8) is 0 Å². The van der Waals surface area contributed by atoms with Gasteiger partial charge in [0.25, 0.3) is 0 Å². The largest absolute Gasteiger partial charge is 0.497 e. The van der Waals surface area contributed by atoms with Crippen molar-refractivity contribution < 1.29 is 32.0 Å². The van der Waals surface area contributed by atoms with E-state index in [9.17, 15) is 22.7 Å². The molecule has 1 aromatic heterocycles. The van der Waals surface area contributed by atoms with Crippen LogP contribution in [0.3, 0.4) is 0 Å². The van der Waals surface area contributed by atoms with Crippen LogP contribution in [0.2, 0.25) is 0 Å². The van der Waals surface area contributed by atoms with Gasteiger partial charge in [0.1, 0.15) is 11.6 Å². The summed E-state index contributed by atoms with van der Waals surface area (Å²) in [5, 5.41) is 15.9. The first-order valence-corrected chi connectivity index (χ1v) is 10.1. The monoisotopic (exact) mass is 420 g/mol. The second-order valence-electron chi connectivity index (χ2n) is 5.97. The van der Waals surface area contributed by atoms with Gasteiger partial charge < -0.3 is 19.7 Å². The molecule has 0 aliphatic heterocycles. The van der Waals surface area contributed by atoms with Crippen LogP contribution in [0.25, 0.3) is 11.3 Å². The van der Waals surface area contributed by atoms with Crippen LogP contribution in [-0.2, 0) is 9.84 Å². The average molecular weight is 420 g/mol. The molecule has 0 saturated carbocycles. The molecule has 0 atom stereocenters. The van der Waals surface area contributed by atoms with Crippen LogP contribution in [0.15, 0.2) is 57.9 Å². The molecule has 2 N–H and O–H groups in total. The van der Waals surface area contributed by atoms with Crippen molar-refractivity contribution in [1.29, 1.82) is 0 Å². The summed E-state index contributed by atoms with van der Waals surface area (Å²) >= 11 is 0. The molecule has 1 heterocycles. The summed E-state index contributed by atoms with van der Waals surface area (Å²) in [5.41, 5.74) is 0.261. The lowest BCUT2D eigenvalue weighted by atomic mass is 10.1. The number of hydrogen-bond acceptors (Lipinski definition) is 7. The molecule has 8 nitrogen and oxygen atoms in total. The number of rotatable bonds is 8. The second kappa shape index (κ2) is 8.31. The third-order valence-electron chi connectivity index (χ3n) is 4.09. The molecular weight excluding hydrogens is 403 g/mol. The van der Waals surface area contributed by atoms with Gasteiger partial charge in [-0.1, -0.05) is 5.16 Å². The number of aromatic carboxylic acids is 1. The van der Waals surface area contributed by atoms with Crippen LogP contribution in [0.1, 0.15) is 10.4 Å². The van der Waals surface area contributed by atoms with E-state index in [2.05, 4.69) is 10.5 Å². The van der Waals surface area contributed by atoms with Crippen LogP contribution in [0.4, 0.5) is 10.2 Å². The van der Waals surface area contributed by atoms with Crippen LogP contribution in [0, 0.1) is 5.82 Å². The Morgan fingerprint density at radius 3 is 2.41 bits per heavy atom. The van der Waals surface area contributed by atoms with E-state index in [1.54, 1.807) is 24.3 Å². The van der Waals surface area contributed by atoms with Crippen molar-refractivity contribution in [2.75, 3.05) is 24.7 Å². The van der Waals surface area contributed by atoms with Gasteiger partial charge in [-0.15, -0.1) is 0 Å². The number of nitrogens with zero attached hydrogens (tertiary/aromatic N) is 1. The summed E-state index contributed by atoms with van der Waals surface area (Å²) in [5.74, 6) is -1.62. The molecule has 0 aliphatic rings. The first-order chi connectivity index (χ1) is 13.8. The highest BCUT2D eigenvalue weighted by molar-refractivity contribution is 7.91. The summed E-state index contributed by atoms with van der Waals surface area (Å²) in [4.78, 5) is 11.7. The Labute approximate surface area is 165 Å². The van der Waals surface area contributed by atoms with Crippen LogP contribution in [0.5, 0.6) is 5.75 Å². The fourth-order valence-electron chi connectivity index (χ4n) is 2.61. The molecule has 0 aliphatic carbocycles. The normalized spacial score (nSPS) is 11.2. The number of carboxylic acids is 1. The lowest BCUT2D eigenvalue weighted by Crippen LogP contribution is -2.17. The minimum absolute atomic E-state index is 0.0294. The number of carboxylic acid groups (broad SMARTS) is 1. The van der Waals surface area contributed by atoms with E-state index in [1.165, 1.54) is 19.2 Å². The highest BCUT2D eigenvalue weighted by Gasteiger charge is 2.24. The van der Waals surface area contributed by atoms with E-state index in [1.807, 2.05) is 0 Å². The number of hydrogen-bond donors (Lipinski definition) is 2. The number of halogens is 1. The van der Waals surface area contributed by atoms with Gasteiger partial charge in [0.05, 0.1) is 17.8 Å². The molecule has 2 aromatic carbocycles. The number of benzene rings is 2. The maximum Gasteiger partial charge on any atom is 0.343 e. The predicted octanol–water partition coefficient (Wildman–Crippen LogP) is 3.07. The van der Waals surface area contributed by atoms with Gasteiger partial charge in [0.15, 0.2) is 27.0 Å². The molecule has 0 amide bonds. The zero-order chi connectivity index (χ0) is 21.0.